The first kappa shape index (κ1) is 15.7. The van der Waals surface area contributed by atoms with Crippen molar-refractivity contribution in [3.63, 3.8) is 0 Å². The lowest BCUT2D eigenvalue weighted by atomic mass is 10.2. The second-order valence-corrected chi connectivity index (χ2v) is 6.41. The third-order valence-corrected chi connectivity index (χ3v) is 4.69. The molecule has 5 nitrogen and oxygen atoms in total. The third kappa shape index (κ3) is 3.69. The van der Waals surface area contributed by atoms with E-state index in [1.807, 2.05) is 0 Å². The zero-order valence-corrected chi connectivity index (χ0v) is 12.4. The molecule has 114 valence electrons. The SMILES string of the molecule is CC(Cc1ccco1)NS(=O)(=O)c1cccc(F)c1CN. The lowest BCUT2D eigenvalue weighted by molar-refractivity contribution is 0.478. The zero-order chi connectivity index (χ0) is 15.5. The van der Waals surface area contributed by atoms with Crippen LogP contribution in [0.4, 0.5) is 4.39 Å². The van der Waals surface area contributed by atoms with E-state index in [0.29, 0.717) is 12.2 Å². The second kappa shape index (κ2) is 6.38. The molecule has 1 aromatic heterocycles. The average molecular weight is 312 g/mol. The number of hydrogen-bond donors (Lipinski definition) is 2. The second-order valence-electron chi connectivity index (χ2n) is 4.73. The average Bonchev–Trinajstić information content (AvgIpc) is 2.90. The first-order chi connectivity index (χ1) is 9.94. The Bertz CT molecular complexity index is 699. The van der Waals surface area contributed by atoms with Crippen LogP contribution in [0.5, 0.6) is 0 Å². The summed E-state index contributed by atoms with van der Waals surface area (Å²) in [6.45, 7) is 1.52. The highest BCUT2D eigenvalue weighted by Gasteiger charge is 2.22. The van der Waals surface area contributed by atoms with Gasteiger partial charge in [0.2, 0.25) is 10.0 Å². The molecular formula is C14H17FN2O3S. The maximum atomic E-state index is 13.6. The summed E-state index contributed by atoms with van der Waals surface area (Å²) in [6.07, 6.45) is 1.93. The molecule has 0 aliphatic heterocycles. The minimum Gasteiger partial charge on any atom is -0.469 e. The first-order valence-electron chi connectivity index (χ1n) is 6.46. The molecule has 1 atom stereocenters. The highest BCUT2D eigenvalue weighted by atomic mass is 32.2. The molecule has 0 aliphatic carbocycles. The number of benzene rings is 1. The molecule has 0 fully saturated rings. The minimum atomic E-state index is -3.84. The summed E-state index contributed by atoms with van der Waals surface area (Å²) in [5.41, 5.74) is 5.42. The van der Waals surface area contributed by atoms with Crippen molar-refractivity contribution in [1.29, 1.82) is 0 Å². The van der Waals surface area contributed by atoms with Crippen molar-refractivity contribution >= 4 is 10.0 Å². The van der Waals surface area contributed by atoms with E-state index in [1.165, 1.54) is 24.5 Å². The van der Waals surface area contributed by atoms with Gasteiger partial charge in [0, 0.05) is 24.6 Å². The van der Waals surface area contributed by atoms with Crippen molar-refractivity contribution in [3.05, 3.63) is 53.7 Å². The van der Waals surface area contributed by atoms with Crippen molar-refractivity contribution in [2.75, 3.05) is 0 Å². The van der Waals surface area contributed by atoms with E-state index >= 15 is 0 Å². The Kier molecular flexibility index (Phi) is 4.76. The van der Waals surface area contributed by atoms with E-state index in [-0.39, 0.29) is 17.0 Å². The van der Waals surface area contributed by atoms with E-state index in [2.05, 4.69) is 4.72 Å². The summed E-state index contributed by atoms with van der Waals surface area (Å²) < 4.78 is 46.0. The Hall–Kier alpha value is -1.70. The van der Waals surface area contributed by atoms with Crippen LogP contribution in [0.2, 0.25) is 0 Å². The number of hydrogen-bond acceptors (Lipinski definition) is 4. The van der Waals surface area contributed by atoms with Crippen molar-refractivity contribution in [3.8, 4) is 0 Å². The van der Waals surface area contributed by atoms with Crippen molar-refractivity contribution in [2.45, 2.75) is 30.8 Å². The van der Waals surface area contributed by atoms with Crippen LogP contribution in [0.15, 0.2) is 45.9 Å². The Morgan fingerprint density at radius 3 is 2.71 bits per heavy atom. The number of halogens is 1. The predicted octanol–water partition coefficient (Wildman–Crippen LogP) is 1.79. The fraction of sp³-hybridized carbons (Fsp3) is 0.286. The molecule has 0 radical (unpaired) electrons. The number of nitrogens with two attached hydrogens (primary N) is 1. The van der Waals surface area contributed by atoms with Gasteiger partial charge in [0.15, 0.2) is 0 Å². The number of furan rings is 1. The summed E-state index contributed by atoms with van der Waals surface area (Å²) in [6, 6.07) is 6.98. The smallest absolute Gasteiger partial charge is 0.241 e. The first-order valence-corrected chi connectivity index (χ1v) is 7.94. The standard InChI is InChI=1S/C14H17FN2O3S/c1-10(8-11-4-3-7-20-11)17-21(18,19)14-6-2-5-13(15)12(14)9-16/h2-7,10,17H,8-9,16H2,1H3. The number of nitrogens with one attached hydrogen (secondary N) is 1. The lowest BCUT2D eigenvalue weighted by Crippen LogP contribution is -2.34. The molecule has 7 heteroatoms. The van der Waals surface area contributed by atoms with E-state index in [4.69, 9.17) is 10.2 Å². The molecule has 21 heavy (non-hydrogen) atoms. The normalized spacial score (nSPS) is 13.3. The van der Waals surface area contributed by atoms with Crippen LogP contribution in [0.25, 0.3) is 0 Å². The van der Waals surface area contributed by atoms with E-state index in [0.717, 1.165) is 0 Å². The molecule has 0 saturated carbocycles. The molecule has 0 amide bonds. The highest BCUT2D eigenvalue weighted by molar-refractivity contribution is 7.89. The zero-order valence-electron chi connectivity index (χ0n) is 11.5. The summed E-state index contributed by atoms with van der Waals surface area (Å²) in [4.78, 5) is -0.128. The van der Waals surface area contributed by atoms with Crippen LogP contribution in [0.3, 0.4) is 0 Å². The number of sulfonamides is 1. The summed E-state index contributed by atoms with van der Waals surface area (Å²) in [7, 11) is -3.84. The molecule has 2 rings (SSSR count). The maximum Gasteiger partial charge on any atom is 0.241 e. The molecule has 0 aliphatic rings. The highest BCUT2D eigenvalue weighted by Crippen LogP contribution is 2.19. The monoisotopic (exact) mass is 312 g/mol. The van der Waals surface area contributed by atoms with Crippen molar-refractivity contribution < 1.29 is 17.2 Å². The summed E-state index contributed by atoms with van der Waals surface area (Å²) in [5.74, 6) is 0.0440. The summed E-state index contributed by atoms with van der Waals surface area (Å²) >= 11 is 0. The Morgan fingerprint density at radius 1 is 1.33 bits per heavy atom. The van der Waals surface area contributed by atoms with Crippen molar-refractivity contribution in [2.24, 2.45) is 5.73 Å². The lowest BCUT2D eigenvalue weighted by Gasteiger charge is -2.15. The quantitative estimate of drug-likeness (QED) is 0.851. The van der Waals surface area contributed by atoms with Crippen LogP contribution >= 0.6 is 0 Å². The molecular weight excluding hydrogens is 295 g/mol. The van der Waals surface area contributed by atoms with Crippen LogP contribution < -0.4 is 10.5 Å². The molecule has 3 N–H and O–H groups in total. The summed E-state index contributed by atoms with van der Waals surface area (Å²) in [5, 5.41) is 0. The fourth-order valence-electron chi connectivity index (χ4n) is 2.09. The molecule has 0 saturated heterocycles. The van der Waals surface area contributed by atoms with Gasteiger partial charge in [0.05, 0.1) is 11.2 Å². The molecule has 1 heterocycles. The van der Waals surface area contributed by atoms with Gasteiger partial charge in [0.25, 0.3) is 0 Å². The Morgan fingerprint density at radius 2 is 2.10 bits per heavy atom. The van der Waals surface area contributed by atoms with Gasteiger partial charge in [-0.25, -0.2) is 17.5 Å². The van der Waals surface area contributed by atoms with Crippen molar-refractivity contribution in [1.82, 2.24) is 4.72 Å². The van der Waals surface area contributed by atoms with E-state index in [9.17, 15) is 12.8 Å². The van der Waals surface area contributed by atoms with E-state index < -0.39 is 21.9 Å². The topological polar surface area (TPSA) is 85.3 Å². The molecule has 1 aromatic carbocycles. The van der Waals surface area contributed by atoms with Crippen LogP contribution in [0.1, 0.15) is 18.2 Å². The van der Waals surface area contributed by atoms with E-state index in [1.54, 1.807) is 19.1 Å². The van der Waals surface area contributed by atoms with Crippen LogP contribution in [0, 0.1) is 5.82 Å². The molecule has 0 bridgehead atoms. The maximum absolute atomic E-state index is 13.6. The van der Waals surface area contributed by atoms with Gasteiger partial charge >= 0.3 is 0 Å². The Balaban J connectivity index is 2.20. The molecule has 0 spiro atoms. The fourth-order valence-corrected chi connectivity index (χ4v) is 3.59. The largest absolute Gasteiger partial charge is 0.469 e. The van der Waals surface area contributed by atoms with Crippen LogP contribution in [-0.2, 0) is 23.0 Å². The predicted molar refractivity (Wildman–Crippen MR) is 76.5 cm³/mol. The Labute approximate surface area is 123 Å². The third-order valence-electron chi connectivity index (χ3n) is 3.01. The van der Waals surface area contributed by atoms with Gasteiger partial charge in [-0.1, -0.05) is 6.07 Å². The molecule has 1 unspecified atom stereocenters. The van der Waals surface area contributed by atoms with Gasteiger partial charge in [-0.2, -0.15) is 0 Å². The van der Waals surface area contributed by atoms with Gasteiger partial charge in [0.1, 0.15) is 11.6 Å². The van der Waals surface area contributed by atoms with Gasteiger partial charge in [-0.15, -0.1) is 0 Å². The minimum absolute atomic E-state index is 0.0183. The molecule has 2 aromatic rings. The van der Waals surface area contributed by atoms with Gasteiger partial charge < -0.3 is 10.2 Å². The van der Waals surface area contributed by atoms with Gasteiger partial charge in [-0.05, 0) is 31.2 Å². The van der Waals surface area contributed by atoms with Gasteiger partial charge in [-0.3, -0.25) is 0 Å². The van der Waals surface area contributed by atoms with Crippen LogP contribution in [-0.4, -0.2) is 14.5 Å². The number of rotatable bonds is 6.